The normalized spacial score (nSPS) is 10.8. The molecule has 0 aromatic heterocycles. The van der Waals surface area contributed by atoms with E-state index >= 15 is 0 Å². The summed E-state index contributed by atoms with van der Waals surface area (Å²) in [4.78, 5) is 0. The van der Waals surface area contributed by atoms with E-state index in [9.17, 15) is 4.39 Å². The molecule has 2 heteroatoms. The van der Waals surface area contributed by atoms with Gasteiger partial charge in [-0.1, -0.05) is 48.0 Å². The van der Waals surface area contributed by atoms with E-state index in [2.05, 4.69) is 66.8 Å². The Bertz CT molecular complexity index is 747. The summed E-state index contributed by atoms with van der Waals surface area (Å²) in [5.41, 5.74) is 4.67. The summed E-state index contributed by atoms with van der Waals surface area (Å²) < 4.78 is 12.2. The van der Waals surface area contributed by atoms with Crippen LogP contribution in [0.15, 0.2) is 60.7 Å². The van der Waals surface area contributed by atoms with E-state index in [1.165, 1.54) is 22.1 Å². The molecule has 3 aromatic carbocycles. The standard InChI is InChI=1S/C19H18FN/c1-14-2-4-15(5-3-14)16-6-7-18-13-19(21-11-10-20)9-8-17(18)12-16/h2-9,12-13,21H,10-11H2,1H3/i20-1. The van der Waals surface area contributed by atoms with Gasteiger partial charge in [0.2, 0.25) is 0 Å². The average molecular weight is 278 g/mol. The largest absolute Gasteiger partial charge is 0.382 e. The molecule has 0 aliphatic carbocycles. The first-order chi connectivity index (χ1) is 10.3. The summed E-state index contributed by atoms with van der Waals surface area (Å²) in [5, 5.41) is 5.42. The van der Waals surface area contributed by atoms with E-state index < -0.39 is 0 Å². The Morgan fingerprint density at radius 1 is 0.810 bits per heavy atom. The summed E-state index contributed by atoms with van der Waals surface area (Å²) >= 11 is 0. The van der Waals surface area contributed by atoms with Crippen molar-refractivity contribution < 1.29 is 4.39 Å². The molecule has 0 atom stereocenters. The highest BCUT2D eigenvalue weighted by atomic mass is 18.2. The number of anilines is 1. The van der Waals surface area contributed by atoms with Gasteiger partial charge in [0.25, 0.3) is 0 Å². The van der Waals surface area contributed by atoms with Gasteiger partial charge < -0.3 is 5.32 Å². The zero-order valence-corrected chi connectivity index (χ0v) is 12.1. The predicted octanol–water partition coefficient (Wildman–Crippen LogP) is 5.20. The minimum Gasteiger partial charge on any atom is -0.382 e. The summed E-state index contributed by atoms with van der Waals surface area (Å²) in [6, 6.07) is 21.1. The fourth-order valence-corrected chi connectivity index (χ4v) is 2.47. The van der Waals surface area contributed by atoms with Gasteiger partial charge >= 0.3 is 0 Å². The van der Waals surface area contributed by atoms with Gasteiger partial charge in [0.05, 0.1) is 0 Å². The maximum Gasteiger partial charge on any atom is 0.107 e. The second-order valence-electron chi connectivity index (χ2n) is 5.26. The molecule has 21 heavy (non-hydrogen) atoms. The number of fused-ring (bicyclic) bond motifs is 1. The molecular weight excluding hydrogens is 260 g/mol. The lowest BCUT2D eigenvalue weighted by Gasteiger charge is -2.08. The lowest BCUT2D eigenvalue weighted by Crippen LogP contribution is -2.02. The molecule has 0 saturated heterocycles. The van der Waals surface area contributed by atoms with Gasteiger partial charge in [0.15, 0.2) is 0 Å². The molecule has 0 unspecified atom stereocenters. The molecule has 3 rings (SSSR count). The molecule has 0 saturated carbocycles. The molecule has 0 heterocycles. The number of halogens is 1. The van der Waals surface area contributed by atoms with Crippen LogP contribution in [-0.4, -0.2) is 13.2 Å². The molecule has 0 aliphatic rings. The van der Waals surface area contributed by atoms with Crippen LogP contribution in [0.3, 0.4) is 0 Å². The SMILES string of the molecule is Cc1ccc(-c2ccc3cc(NCC[18F])ccc3c2)cc1. The maximum atomic E-state index is 12.2. The van der Waals surface area contributed by atoms with Crippen molar-refractivity contribution in [3.63, 3.8) is 0 Å². The molecule has 0 fully saturated rings. The van der Waals surface area contributed by atoms with E-state index in [4.69, 9.17) is 0 Å². The van der Waals surface area contributed by atoms with Gasteiger partial charge in [-0.25, -0.2) is 4.39 Å². The Hall–Kier alpha value is -2.35. The van der Waals surface area contributed by atoms with Gasteiger partial charge in [-0.05, 0) is 47.0 Å². The lowest BCUT2D eigenvalue weighted by molar-refractivity contribution is 0.513. The summed E-state index contributed by atoms with van der Waals surface area (Å²) in [7, 11) is 0. The van der Waals surface area contributed by atoms with E-state index in [1.807, 2.05) is 6.07 Å². The van der Waals surface area contributed by atoms with Crippen molar-refractivity contribution in [3.05, 3.63) is 66.2 Å². The van der Waals surface area contributed by atoms with Crippen molar-refractivity contribution in [1.29, 1.82) is 0 Å². The van der Waals surface area contributed by atoms with Crippen LogP contribution in [0.4, 0.5) is 10.1 Å². The molecule has 0 radical (unpaired) electrons. The first kappa shape index (κ1) is 13.6. The summed E-state index contributed by atoms with van der Waals surface area (Å²) in [5.74, 6) is 0. The van der Waals surface area contributed by atoms with E-state index in [-0.39, 0.29) is 6.67 Å². The number of rotatable bonds is 4. The third kappa shape index (κ3) is 3.05. The minimum absolute atomic E-state index is 0.354. The molecular formula is C19H18FN. The van der Waals surface area contributed by atoms with Gasteiger partial charge in [0.1, 0.15) is 6.67 Å². The summed E-state index contributed by atoms with van der Waals surface area (Å²) in [6.45, 7) is 2.09. The zero-order valence-electron chi connectivity index (χ0n) is 12.1. The van der Waals surface area contributed by atoms with Crippen LogP contribution in [0.5, 0.6) is 0 Å². The fourth-order valence-electron chi connectivity index (χ4n) is 2.47. The first-order valence-corrected chi connectivity index (χ1v) is 7.17. The number of aryl methyl sites for hydroxylation is 1. The number of alkyl halides is 1. The maximum absolute atomic E-state index is 12.2. The van der Waals surface area contributed by atoms with Crippen molar-refractivity contribution in [2.24, 2.45) is 0 Å². The minimum atomic E-state index is -0.357. The van der Waals surface area contributed by atoms with E-state index in [0.717, 1.165) is 11.1 Å². The van der Waals surface area contributed by atoms with Crippen LogP contribution in [-0.2, 0) is 0 Å². The van der Waals surface area contributed by atoms with E-state index in [0.29, 0.717) is 6.54 Å². The van der Waals surface area contributed by atoms with Crippen LogP contribution >= 0.6 is 0 Å². The third-order valence-corrected chi connectivity index (χ3v) is 3.65. The second-order valence-corrected chi connectivity index (χ2v) is 5.26. The molecule has 1 N–H and O–H groups in total. The van der Waals surface area contributed by atoms with Crippen molar-refractivity contribution in [1.82, 2.24) is 0 Å². The van der Waals surface area contributed by atoms with Crippen LogP contribution in [0.25, 0.3) is 21.9 Å². The monoisotopic (exact) mass is 278 g/mol. The smallest absolute Gasteiger partial charge is 0.107 e. The van der Waals surface area contributed by atoms with Gasteiger partial charge in [0, 0.05) is 12.2 Å². The molecule has 0 aliphatic heterocycles. The van der Waals surface area contributed by atoms with E-state index in [1.54, 1.807) is 0 Å². The zero-order chi connectivity index (χ0) is 14.7. The second kappa shape index (κ2) is 5.96. The first-order valence-electron chi connectivity index (χ1n) is 7.17. The highest BCUT2D eigenvalue weighted by molar-refractivity contribution is 5.89. The predicted molar refractivity (Wildman–Crippen MR) is 88.6 cm³/mol. The lowest BCUT2D eigenvalue weighted by atomic mass is 10.0. The Morgan fingerprint density at radius 3 is 2.24 bits per heavy atom. The number of benzene rings is 3. The molecule has 0 amide bonds. The highest BCUT2D eigenvalue weighted by Crippen LogP contribution is 2.26. The van der Waals surface area contributed by atoms with Crippen molar-refractivity contribution >= 4 is 16.5 Å². The van der Waals surface area contributed by atoms with Crippen molar-refractivity contribution in [2.45, 2.75) is 6.92 Å². The fraction of sp³-hybridized carbons (Fsp3) is 0.158. The average Bonchev–Trinajstić information content (AvgIpc) is 2.53. The van der Waals surface area contributed by atoms with Gasteiger partial charge in [-0.2, -0.15) is 0 Å². The van der Waals surface area contributed by atoms with Crippen LogP contribution < -0.4 is 5.32 Å². The molecule has 1 nitrogen and oxygen atoms in total. The van der Waals surface area contributed by atoms with Crippen LogP contribution in [0, 0.1) is 6.92 Å². The van der Waals surface area contributed by atoms with Gasteiger partial charge in [-0.15, -0.1) is 0 Å². The molecule has 0 bridgehead atoms. The van der Waals surface area contributed by atoms with Gasteiger partial charge in [-0.3, -0.25) is 0 Å². The Morgan fingerprint density at radius 2 is 1.48 bits per heavy atom. The van der Waals surface area contributed by atoms with Crippen molar-refractivity contribution in [2.75, 3.05) is 18.5 Å². The summed E-state index contributed by atoms with van der Waals surface area (Å²) in [6.07, 6.45) is 0. The number of nitrogens with one attached hydrogen (secondary N) is 1. The highest BCUT2D eigenvalue weighted by Gasteiger charge is 2.01. The Labute approximate surface area is 124 Å². The topological polar surface area (TPSA) is 12.0 Å². The third-order valence-electron chi connectivity index (χ3n) is 3.65. The Kier molecular flexibility index (Phi) is 3.87. The van der Waals surface area contributed by atoms with Crippen LogP contribution in [0.1, 0.15) is 5.56 Å². The van der Waals surface area contributed by atoms with Crippen LogP contribution in [0.2, 0.25) is 0 Å². The number of hydrogen-bond donors (Lipinski definition) is 1. The Balaban J connectivity index is 1.95. The molecule has 3 aromatic rings. The molecule has 106 valence electrons. The van der Waals surface area contributed by atoms with Crippen molar-refractivity contribution in [3.8, 4) is 11.1 Å². The number of hydrogen-bond acceptors (Lipinski definition) is 1. The quantitative estimate of drug-likeness (QED) is 0.692. The molecule has 0 spiro atoms.